The van der Waals surface area contributed by atoms with Gasteiger partial charge in [0.25, 0.3) is 0 Å². The lowest BCUT2D eigenvalue weighted by Crippen LogP contribution is -2.42. The van der Waals surface area contributed by atoms with Crippen LogP contribution in [0.5, 0.6) is 0 Å². The molecule has 0 bridgehead atoms. The van der Waals surface area contributed by atoms with Crippen LogP contribution in [0.3, 0.4) is 0 Å². The Kier molecular flexibility index (Phi) is 7.94. The predicted octanol–water partition coefficient (Wildman–Crippen LogP) is 3.82. The summed E-state index contributed by atoms with van der Waals surface area (Å²) in [5.41, 5.74) is 1.11. The van der Waals surface area contributed by atoms with E-state index < -0.39 is 17.4 Å². The van der Waals surface area contributed by atoms with Crippen molar-refractivity contribution < 1.29 is 19.1 Å². The summed E-state index contributed by atoms with van der Waals surface area (Å²) in [5.74, 6) is 4.78. The quantitative estimate of drug-likeness (QED) is 0.327. The summed E-state index contributed by atoms with van der Waals surface area (Å²) in [7, 11) is 0. The molecule has 0 aliphatic carbocycles. The maximum absolute atomic E-state index is 12.6. The van der Waals surface area contributed by atoms with Crippen LogP contribution in [0.15, 0.2) is 36.4 Å². The van der Waals surface area contributed by atoms with Crippen LogP contribution in [0.25, 0.3) is 0 Å². The smallest absolute Gasteiger partial charge is 0.324 e. The average molecular weight is 342 g/mol. The summed E-state index contributed by atoms with van der Waals surface area (Å²) >= 11 is 0. The maximum atomic E-state index is 12.6. The van der Waals surface area contributed by atoms with E-state index >= 15 is 0 Å². The van der Waals surface area contributed by atoms with Gasteiger partial charge in [0, 0.05) is 12.0 Å². The first-order valence-electron chi connectivity index (χ1n) is 8.40. The minimum absolute atomic E-state index is 0.0197. The van der Waals surface area contributed by atoms with E-state index in [0.29, 0.717) is 5.57 Å². The number of aryl methyl sites for hydroxylation is 1. The minimum atomic E-state index is -1.48. The number of benzene rings is 1. The standard InChI is InChI=1S/C21H26O4/c1-6-24-19(22)21(15-16(3)4,20(23)25-7-2)14-10-13-18-12-9-8-11-17(18)5/h8-9,11-12H,3,6-7,14-15H2,1-2,4-5H3. The fourth-order valence-corrected chi connectivity index (χ4v) is 2.49. The summed E-state index contributed by atoms with van der Waals surface area (Å²) in [6.07, 6.45) is 0.166. The summed E-state index contributed by atoms with van der Waals surface area (Å²) in [6, 6.07) is 7.69. The van der Waals surface area contributed by atoms with Crippen molar-refractivity contribution in [3.05, 3.63) is 47.5 Å². The zero-order valence-corrected chi connectivity index (χ0v) is 15.5. The van der Waals surface area contributed by atoms with Crippen LogP contribution in [0.2, 0.25) is 0 Å². The molecule has 25 heavy (non-hydrogen) atoms. The lowest BCUT2D eigenvalue weighted by atomic mass is 9.79. The van der Waals surface area contributed by atoms with Gasteiger partial charge in [0.2, 0.25) is 0 Å². The third kappa shape index (κ3) is 5.49. The molecule has 4 heteroatoms. The van der Waals surface area contributed by atoms with Crippen molar-refractivity contribution in [1.82, 2.24) is 0 Å². The highest BCUT2D eigenvalue weighted by atomic mass is 16.6. The molecule has 4 nitrogen and oxygen atoms in total. The van der Waals surface area contributed by atoms with Crippen LogP contribution in [0, 0.1) is 24.2 Å². The Balaban J connectivity index is 3.24. The lowest BCUT2D eigenvalue weighted by molar-refractivity contribution is -0.171. The second-order valence-corrected chi connectivity index (χ2v) is 5.95. The molecule has 0 saturated carbocycles. The molecule has 0 fully saturated rings. The van der Waals surface area contributed by atoms with E-state index in [0.717, 1.165) is 11.1 Å². The fourth-order valence-electron chi connectivity index (χ4n) is 2.49. The van der Waals surface area contributed by atoms with Crippen molar-refractivity contribution in [2.45, 2.75) is 40.5 Å². The monoisotopic (exact) mass is 342 g/mol. The van der Waals surface area contributed by atoms with E-state index in [-0.39, 0.29) is 26.1 Å². The number of hydrogen-bond acceptors (Lipinski definition) is 4. The van der Waals surface area contributed by atoms with Crippen molar-refractivity contribution in [3.8, 4) is 11.8 Å². The summed E-state index contributed by atoms with van der Waals surface area (Å²) in [5, 5.41) is 0. The van der Waals surface area contributed by atoms with Gasteiger partial charge in [-0.05, 0) is 45.7 Å². The van der Waals surface area contributed by atoms with Gasteiger partial charge in [-0.1, -0.05) is 35.6 Å². The van der Waals surface area contributed by atoms with Crippen LogP contribution in [-0.2, 0) is 19.1 Å². The molecule has 1 aromatic rings. The van der Waals surface area contributed by atoms with Gasteiger partial charge in [0.1, 0.15) is 0 Å². The van der Waals surface area contributed by atoms with Gasteiger partial charge in [-0.25, -0.2) is 0 Å². The van der Waals surface area contributed by atoms with Crippen molar-refractivity contribution in [2.75, 3.05) is 13.2 Å². The molecule has 0 heterocycles. The molecule has 0 N–H and O–H groups in total. The normalized spacial score (nSPS) is 10.4. The molecule has 0 aliphatic heterocycles. The van der Waals surface area contributed by atoms with E-state index in [4.69, 9.17) is 9.47 Å². The number of rotatable bonds is 7. The number of carbonyl (C=O) groups excluding carboxylic acids is 2. The number of ether oxygens (including phenoxy) is 2. The van der Waals surface area contributed by atoms with Crippen LogP contribution in [0.4, 0.5) is 0 Å². The first-order chi connectivity index (χ1) is 11.9. The molecular formula is C21H26O4. The first-order valence-corrected chi connectivity index (χ1v) is 8.40. The fraction of sp³-hybridized carbons (Fsp3) is 0.429. The van der Waals surface area contributed by atoms with Crippen molar-refractivity contribution in [2.24, 2.45) is 5.41 Å². The average Bonchev–Trinajstić information content (AvgIpc) is 2.55. The third-order valence-corrected chi connectivity index (χ3v) is 3.69. The Morgan fingerprint density at radius 1 is 1.12 bits per heavy atom. The predicted molar refractivity (Wildman–Crippen MR) is 97.8 cm³/mol. The minimum Gasteiger partial charge on any atom is -0.465 e. The van der Waals surface area contributed by atoms with Crippen LogP contribution in [-0.4, -0.2) is 25.2 Å². The van der Waals surface area contributed by atoms with Crippen LogP contribution in [0.1, 0.15) is 44.7 Å². The molecule has 0 atom stereocenters. The van der Waals surface area contributed by atoms with E-state index in [9.17, 15) is 9.59 Å². The highest BCUT2D eigenvalue weighted by Crippen LogP contribution is 2.33. The van der Waals surface area contributed by atoms with Gasteiger partial charge < -0.3 is 9.47 Å². The van der Waals surface area contributed by atoms with Gasteiger partial charge in [-0.3, -0.25) is 9.59 Å². The number of carbonyl (C=O) groups is 2. The second-order valence-electron chi connectivity index (χ2n) is 5.95. The summed E-state index contributed by atoms with van der Waals surface area (Å²) in [6.45, 7) is 11.3. The molecule has 0 radical (unpaired) electrons. The van der Waals surface area contributed by atoms with Crippen LogP contribution >= 0.6 is 0 Å². The number of esters is 2. The number of hydrogen-bond donors (Lipinski definition) is 0. The zero-order valence-electron chi connectivity index (χ0n) is 15.5. The second kappa shape index (κ2) is 9.68. The molecule has 0 saturated heterocycles. The van der Waals surface area contributed by atoms with Gasteiger partial charge in [-0.15, -0.1) is 6.58 Å². The van der Waals surface area contributed by atoms with Gasteiger partial charge >= 0.3 is 11.9 Å². The lowest BCUT2D eigenvalue weighted by Gasteiger charge is -2.27. The Morgan fingerprint density at radius 3 is 2.16 bits per heavy atom. The highest BCUT2D eigenvalue weighted by molar-refractivity contribution is 6.00. The van der Waals surface area contributed by atoms with Gasteiger partial charge in [0.15, 0.2) is 5.41 Å². The third-order valence-electron chi connectivity index (χ3n) is 3.69. The van der Waals surface area contributed by atoms with Crippen LogP contribution < -0.4 is 0 Å². The molecule has 1 aromatic carbocycles. The summed E-state index contributed by atoms with van der Waals surface area (Å²) < 4.78 is 10.3. The topological polar surface area (TPSA) is 52.6 Å². The van der Waals surface area contributed by atoms with E-state index in [1.807, 2.05) is 31.2 Å². The van der Waals surface area contributed by atoms with Gasteiger partial charge in [0.05, 0.1) is 13.2 Å². The molecule has 0 spiro atoms. The molecular weight excluding hydrogens is 316 g/mol. The Labute approximate surface area is 150 Å². The van der Waals surface area contributed by atoms with Crippen molar-refractivity contribution >= 4 is 11.9 Å². The largest absolute Gasteiger partial charge is 0.465 e. The molecule has 0 amide bonds. The Bertz CT molecular complexity index is 673. The maximum Gasteiger partial charge on any atom is 0.324 e. The Morgan fingerprint density at radius 2 is 1.68 bits per heavy atom. The molecule has 0 aliphatic rings. The van der Waals surface area contributed by atoms with E-state index in [1.165, 1.54) is 0 Å². The molecule has 134 valence electrons. The Hall–Kier alpha value is -2.54. The van der Waals surface area contributed by atoms with E-state index in [1.54, 1.807) is 20.8 Å². The SMILES string of the molecule is C=C(C)CC(CC#Cc1ccccc1C)(C(=O)OCC)C(=O)OCC. The molecule has 0 unspecified atom stereocenters. The van der Waals surface area contributed by atoms with E-state index in [2.05, 4.69) is 18.4 Å². The van der Waals surface area contributed by atoms with Crippen molar-refractivity contribution in [1.29, 1.82) is 0 Å². The highest BCUT2D eigenvalue weighted by Gasteiger charge is 2.48. The first kappa shape index (κ1) is 20.5. The zero-order chi connectivity index (χ0) is 18.9. The van der Waals surface area contributed by atoms with Gasteiger partial charge in [-0.2, -0.15) is 0 Å². The molecule has 1 rings (SSSR count). The molecule has 0 aromatic heterocycles. The number of allylic oxidation sites excluding steroid dienone is 1. The van der Waals surface area contributed by atoms with Crippen molar-refractivity contribution in [3.63, 3.8) is 0 Å². The summed E-state index contributed by atoms with van der Waals surface area (Å²) in [4.78, 5) is 25.2.